The van der Waals surface area contributed by atoms with E-state index in [-0.39, 0.29) is 6.03 Å². The fourth-order valence-corrected chi connectivity index (χ4v) is 3.01. The molecule has 0 radical (unpaired) electrons. The third-order valence-electron chi connectivity index (χ3n) is 4.25. The smallest absolute Gasteiger partial charge is 0.323 e. The van der Waals surface area contributed by atoms with Crippen LogP contribution in [0.2, 0.25) is 0 Å². The molecule has 0 bridgehead atoms. The molecule has 0 fully saturated rings. The Labute approximate surface area is 156 Å². The third kappa shape index (κ3) is 3.32. The zero-order valence-corrected chi connectivity index (χ0v) is 14.7. The van der Waals surface area contributed by atoms with E-state index in [9.17, 15) is 4.79 Å². The van der Waals surface area contributed by atoms with Crippen LogP contribution in [0.5, 0.6) is 5.75 Å². The minimum atomic E-state index is -0.352. The number of H-pyrrole nitrogens is 1. The van der Waals surface area contributed by atoms with Gasteiger partial charge in [-0.15, -0.1) is 0 Å². The highest BCUT2D eigenvalue weighted by molar-refractivity contribution is 6.10. The number of amides is 2. The Hall–Kier alpha value is -3.80. The quantitative estimate of drug-likeness (QED) is 0.486. The number of nitrogens with zero attached hydrogens (tertiary/aromatic N) is 1. The van der Waals surface area contributed by atoms with E-state index in [1.807, 2.05) is 48.5 Å². The number of carbonyl (C=O) groups is 1. The number of aromatic nitrogens is 2. The summed E-state index contributed by atoms with van der Waals surface area (Å²) in [5.74, 6) is 0.596. The third-order valence-corrected chi connectivity index (χ3v) is 4.25. The summed E-state index contributed by atoms with van der Waals surface area (Å²) >= 11 is 0. The second-order valence-corrected chi connectivity index (χ2v) is 5.94. The molecule has 6 nitrogen and oxygen atoms in total. The summed E-state index contributed by atoms with van der Waals surface area (Å²) in [4.78, 5) is 20.2. The molecule has 4 aromatic rings. The van der Waals surface area contributed by atoms with Gasteiger partial charge in [0, 0.05) is 28.9 Å². The van der Waals surface area contributed by atoms with E-state index in [1.54, 1.807) is 31.6 Å². The van der Waals surface area contributed by atoms with E-state index < -0.39 is 0 Å². The average molecular weight is 358 g/mol. The number of methoxy groups -OCH3 is 1. The van der Waals surface area contributed by atoms with Crippen molar-refractivity contribution in [3.05, 3.63) is 73.1 Å². The molecule has 2 aromatic carbocycles. The normalized spacial score (nSPS) is 10.6. The lowest BCUT2D eigenvalue weighted by atomic mass is 10.1. The number of nitrogens with one attached hydrogen (secondary N) is 3. The highest BCUT2D eigenvalue weighted by Crippen LogP contribution is 2.35. The van der Waals surface area contributed by atoms with E-state index >= 15 is 0 Å². The summed E-state index contributed by atoms with van der Waals surface area (Å²) in [6.45, 7) is 0. The highest BCUT2D eigenvalue weighted by Gasteiger charge is 2.16. The molecule has 0 aliphatic rings. The van der Waals surface area contributed by atoms with Crippen LogP contribution in [-0.2, 0) is 0 Å². The molecule has 2 amide bonds. The molecule has 0 atom stereocenters. The highest BCUT2D eigenvalue weighted by atomic mass is 16.5. The molecule has 0 saturated carbocycles. The van der Waals surface area contributed by atoms with Crippen molar-refractivity contribution in [2.24, 2.45) is 0 Å². The van der Waals surface area contributed by atoms with E-state index in [0.29, 0.717) is 17.1 Å². The maximum atomic E-state index is 12.7. The molecule has 2 heterocycles. The number of hydrogen-bond acceptors (Lipinski definition) is 3. The number of fused-ring (bicyclic) bond motifs is 1. The number of aromatic amines is 1. The van der Waals surface area contributed by atoms with Crippen LogP contribution in [0.3, 0.4) is 0 Å². The first kappa shape index (κ1) is 16.7. The molecule has 27 heavy (non-hydrogen) atoms. The van der Waals surface area contributed by atoms with Gasteiger partial charge >= 0.3 is 6.03 Å². The van der Waals surface area contributed by atoms with E-state index in [1.165, 1.54) is 0 Å². The molecule has 0 spiro atoms. The number of rotatable bonds is 4. The molecule has 134 valence electrons. The lowest BCUT2D eigenvalue weighted by molar-refractivity contribution is 0.262. The largest absolute Gasteiger partial charge is 0.495 e. The van der Waals surface area contributed by atoms with Crippen LogP contribution in [0.25, 0.3) is 22.2 Å². The lowest BCUT2D eigenvalue weighted by Crippen LogP contribution is -2.20. The Bertz CT molecular complexity index is 1090. The zero-order valence-electron chi connectivity index (χ0n) is 14.7. The van der Waals surface area contributed by atoms with Gasteiger partial charge in [0.2, 0.25) is 0 Å². The average Bonchev–Trinajstić information content (AvgIpc) is 3.07. The zero-order chi connectivity index (χ0) is 18.6. The first-order chi connectivity index (χ1) is 13.3. The molecule has 0 aliphatic heterocycles. The summed E-state index contributed by atoms with van der Waals surface area (Å²) in [6, 6.07) is 18.5. The number of benzene rings is 2. The van der Waals surface area contributed by atoms with Gasteiger partial charge in [-0.3, -0.25) is 4.98 Å². The monoisotopic (exact) mass is 358 g/mol. The Morgan fingerprint density at radius 2 is 1.81 bits per heavy atom. The molecular formula is C21H18N4O2. The van der Waals surface area contributed by atoms with E-state index in [4.69, 9.17) is 4.74 Å². The SMILES string of the molecule is COc1ccccc1NC(=O)Nc1c(-c2cccnc2)[nH]c2ccccc12. The van der Waals surface area contributed by atoms with Crippen LogP contribution in [-0.4, -0.2) is 23.1 Å². The standard InChI is InChI=1S/C21H18N4O2/c1-27-18-11-5-4-10-17(18)24-21(26)25-20-15-8-2-3-9-16(15)23-19(20)14-7-6-12-22-13-14/h2-13,23H,1H3,(H2,24,25,26). The number of carbonyl (C=O) groups excluding carboxylic acids is 1. The van der Waals surface area contributed by atoms with Gasteiger partial charge in [-0.1, -0.05) is 30.3 Å². The van der Waals surface area contributed by atoms with Crippen LogP contribution in [0.1, 0.15) is 0 Å². The maximum Gasteiger partial charge on any atom is 0.323 e. The van der Waals surface area contributed by atoms with E-state index in [2.05, 4.69) is 20.6 Å². The Morgan fingerprint density at radius 1 is 1.00 bits per heavy atom. The molecule has 3 N–H and O–H groups in total. The van der Waals surface area contributed by atoms with Gasteiger partial charge in [0.05, 0.1) is 24.2 Å². The number of urea groups is 1. The van der Waals surface area contributed by atoms with Gasteiger partial charge < -0.3 is 20.4 Å². The number of hydrogen-bond donors (Lipinski definition) is 3. The summed E-state index contributed by atoms with van der Waals surface area (Å²) in [7, 11) is 1.57. The second kappa shape index (κ2) is 7.21. The number of pyridine rings is 1. The molecule has 0 aliphatic carbocycles. The van der Waals surface area contributed by atoms with Crippen molar-refractivity contribution in [1.82, 2.24) is 9.97 Å². The Morgan fingerprint density at radius 3 is 2.63 bits per heavy atom. The van der Waals surface area contributed by atoms with Gasteiger partial charge in [0.15, 0.2) is 0 Å². The summed E-state index contributed by atoms with van der Waals surface area (Å²) < 4.78 is 5.29. The molecular weight excluding hydrogens is 340 g/mol. The van der Waals surface area contributed by atoms with Crippen molar-refractivity contribution >= 4 is 28.3 Å². The second-order valence-electron chi connectivity index (χ2n) is 5.94. The van der Waals surface area contributed by atoms with Crippen molar-refractivity contribution in [2.45, 2.75) is 0 Å². The van der Waals surface area contributed by atoms with Crippen molar-refractivity contribution < 1.29 is 9.53 Å². The fraction of sp³-hybridized carbons (Fsp3) is 0.0476. The predicted octanol–water partition coefficient (Wildman–Crippen LogP) is 4.88. The number of para-hydroxylation sites is 3. The lowest BCUT2D eigenvalue weighted by Gasteiger charge is -2.12. The molecule has 0 saturated heterocycles. The van der Waals surface area contributed by atoms with Crippen molar-refractivity contribution in [2.75, 3.05) is 17.7 Å². The van der Waals surface area contributed by atoms with Gasteiger partial charge in [0.25, 0.3) is 0 Å². The van der Waals surface area contributed by atoms with Crippen LogP contribution < -0.4 is 15.4 Å². The van der Waals surface area contributed by atoms with Gasteiger partial charge in [-0.05, 0) is 30.3 Å². The van der Waals surface area contributed by atoms with Crippen LogP contribution in [0, 0.1) is 0 Å². The van der Waals surface area contributed by atoms with Crippen LogP contribution >= 0.6 is 0 Å². The van der Waals surface area contributed by atoms with Crippen LogP contribution in [0.15, 0.2) is 73.1 Å². The molecule has 0 unspecified atom stereocenters. The Kier molecular flexibility index (Phi) is 4.45. The first-order valence-corrected chi connectivity index (χ1v) is 8.48. The maximum absolute atomic E-state index is 12.7. The van der Waals surface area contributed by atoms with Crippen molar-refractivity contribution in [1.29, 1.82) is 0 Å². The minimum Gasteiger partial charge on any atom is -0.495 e. The summed E-state index contributed by atoms with van der Waals surface area (Å²) in [5.41, 5.74) is 3.93. The van der Waals surface area contributed by atoms with Gasteiger partial charge in [-0.25, -0.2) is 4.79 Å². The number of anilines is 2. The summed E-state index contributed by atoms with van der Waals surface area (Å²) in [5, 5.41) is 6.73. The fourth-order valence-electron chi connectivity index (χ4n) is 3.01. The van der Waals surface area contributed by atoms with Crippen molar-refractivity contribution in [3.8, 4) is 17.0 Å². The molecule has 6 heteroatoms. The predicted molar refractivity (Wildman–Crippen MR) is 107 cm³/mol. The number of ether oxygens (including phenoxy) is 1. The van der Waals surface area contributed by atoms with Crippen molar-refractivity contribution in [3.63, 3.8) is 0 Å². The van der Waals surface area contributed by atoms with Gasteiger partial charge in [-0.2, -0.15) is 0 Å². The minimum absolute atomic E-state index is 0.352. The van der Waals surface area contributed by atoms with Gasteiger partial charge in [0.1, 0.15) is 5.75 Å². The van der Waals surface area contributed by atoms with E-state index in [0.717, 1.165) is 22.2 Å². The molecule has 2 aromatic heterocycles. The van der Waals surface area contributed by atoms with Crippen LogP contribution in [0.4, 0.5) is 16.2 Å². The summed E-state index contributed by atoms with van der Waals surface area (Å²) in [6.07, 6.45) is 3.47. The first-order valence-electron chi connectivity index (χ1n) is 8.48. The molecule has 4 rings (SSSR count). The Balaban J connectivity index is 1.70. The topological polar surface area (TPSA) is 79.0 Å².